The molecule has 39 heavy (non-hydrogen) atoms. The fourth-order valence-corrected chi connectivity index (χ4v) is 4.79. The average Bonchev–Trinajstić information content (AvgIpc) is 2.81. The fraction of sp³-hybridized carbons (Fsp3) is 0.935. The van der Waals surface area contributed by atoms with Crippen LogP contribution in [0, 0.1) is 0 Å². The first kappa shape index (κ1) is 42.9. The Labute approximate surface area is 255 Å². The van der Waals surface area contributed by atoms with Gasteiger partial charge in [-0.25, -0.2) is 0 Å². The molecule has 0 fully saturated rings. The quantitative estimate of drug-likeness (QED) is 0.109. The molecule has 0 bridgehead atoms. The number of carbonyl (C=O) groups excluding carboxylic acids is 2. The van der Waals surface area contributed by atoms with Crippen molar-refractivity contribution in [3.05, 3.63) is 0 Å². The van der Waals surface area contributed by atoms with Gasteiger partial charge in [0.25, 0.3) is 5.91 Å². The normalized spacial score (nSPS) is 11.4. The Bertz CT molecular complexity index is 569. The Kier molecular flexibility index (Phi) is 30.4. The summed E-state index contributed by atoms with van der Waals surface area (Å²) >= 11 is 0. The molecule has 2 amide bonds. The van der Waals surface area contributed by atoms with Gasteiger partial charge in [-0.05, 0) is 6.42 Å². The van der Waals surface area contributed by atoms with Gasteiger partial charge in [0.1, 0.15) is 0 Å². The Morgan fingerprint density at radius 2 is 0.897 bits per heavy atom. The number of nitrogens with zero attached hydrogens (tertiary/aromatic N) is 2. The third kappa shape index (κ3) is 33.5. The fourth-order valence-electron chi connectivity index (χ4n) is 4.79. The minimum Gasteiger partial charge on any atom is -1.00 e. The molecule has 0 spiro atoms. The van der Waals surface area contributed by atoms with Crippen molar-refractivity contribution in [2.75, 3.05) is 68.0 Å². The number of nitrogens with one attached hydrogen (secondary N) is 2. The van der Waals surface area contributed by atoms with Crippen LogP contribution in [-0.4, -0.2) is 88.7 Å². The molecule has 2 N–H and O–H groups in total. The summed E-state index contributed by atoms with van der Waals surface area (Å²) in [5.41, 5.74) is 0. The van der Waals surface area contributed by atoms with Gasteiger partial charge in [-0.1, -0.05) is 96.8 Å². The summed E-state index contributed by atoms with van der Waals surface area (Å²) in [4.78, 5) is 24.4. The molecule has 0 atom stereocenters. The molecule has 8 heteroatoms. The number of carbonyl (C=O) groups is 2. The molecule has 0 aromatic rings. The summed E-state index contributed by atoms with van der Waals surface area (Å²) < 4.78 is 1.57. The molecule has 236 valence electrons. The molecule has 0 aromatic carbocycles. The first-order valence-electron chi connectivity index (χ1n) is 15.7. The van der Waals surface area contributed by atoms with Crippen LogP contribution in [0.2, 0.25) is 0 Å². The summed E-state index contributed by atoms with van der Waals surface area (Å²) in [7, 11) is 10.7. The number of unbranched alkanes of at least 4 members (excludes halogenated alkanes) is 14. The third-order valence-electron chi connectivity index (χ3n) is 7.17. The molecule has 0 aliphatic carbocycles. The van der Waals surface area contributed by atoms with Crippen LogP contribution in [0.1, 0.15) is 122 Å². The number of hydrogen-bond donors (Lipinski definition) is 2. The maximum atomic E-state index is 12.2. The molecular formula is C31H66Cl2N4O2. The molecule has 0 saturated carbocycles. The largest absolute Gasteiger partial charge is 1.00 e. The van der Waals surface area contributed by atoms with Crippen molar-refractivity contribution in [3.63, 3.8) is 0 Å². The Morgan fingerprint density at radius 1 is 0.513 bits per heavy atom. The van der Waals surface area contributed by atoms with Crippen molar-refractivity contribution >= 4 is 11.8 Å². The summed E-state index contributed by atoms with van der Waals surface area (Å²) in [5.74, 6) is 0.290. The standard InChI is InChI=1S/C31H64N4O2.2ClH/c1-7-8-9-10-11-12-13-14-15-16-17-18-19-20-21-24-30(36)32-26-23-28-35(5,6)29-31(37)33-25-22-27-34(2,3)4;;/h7-29H2,1-6H3;2*1H. The molecule has 0 unspecified atom stereocenters. The first-order valence-corrected chi connectivity index (χ1v) is 15.7. The highest BCUT2D eigenvalue weighted by Gasteiger charge is 2.19. The van der Waals surface area contributed by atoms with E-state index in [1.54, 1.807) is 0 Å². The highest BCUT2D eigenvalue weighted by Crippen LogP contribution is 2.13. The first-order chi connectivity index (χ1) is 17.6. The molecule has 0 aromatic heterocycles. The minimum absolute atomic E-state index is 0. The van der Waals surface area contributed by atoms with Gasteiger partial charge in [-0.2, -0.15) is 0 Å². The zero-order chi connectivity index (χ0) is 27.8. The predicted octanol–water partition coefficient (Wildman–Crippen LogP) is 0.0511. The van der Waals surface area contributed by atoms with Crippen LogP contribution in [0.4, 0.5) is 0 Å². The predicted molar refractivity (Wildman–Crippen MR) is 160 cm³/mol. The van der Waals surface area contributed by atoms with Gasteiger partial charge in [-0.3, -0.25) is 9.59 Å². The van der Waals surface area contributed by atoms with Crippen LogP contribution < -0.4 is 35.4 Å². The molecule has 0 rings (SSSR count). The molecule has 0 aliphatic rings. The van der Waals surface area contributed by atoms with E-state index in [1.165, 1.54) is 89.9 Å². The Morgan fingerprint density at radius 3 is 1.33 bits per heavy atom. The van der Waals surface area contributed by atoms with Gasteiger partial charge in [0.05, 0.1) is 48.3 Å². The zero-order valence-electron chi connectivity index (χ0n) is 26.7. The molecule has 0 heterocycles. The number of quaternary nitrogens is 2. The third-order valence-corrected chi connectivity index (χ3v) is 7.17. The van der Waals surface area contributed by atoms with Crippen molar-refractivity contribution < 1.29 is 43.4 Å². The van der Waals surface area contributed by atoms with Crippen LogP contribution in [0.15, 0.2) is 0 Å². The van der Waals surface area contributed by atoms with Gasteiger partial charge in [0, 0.05) is 32.4 Å². The van der Waals surface area contributed by atoms with Crippen molar-refractivity contribution in [1.82, 2.24) is 10.6 Å². The number of likely N-dealkylation sites (N-methyl/N-ethyl adjacent to an activating group) is 1. The summed E-state index contributed by atoms with van der Waals surface area (Å²) in [6, 6.07) is 0. The van der Waals surface area contributed by atoms with Crippen molar-refractivity contribution in [1.29, 1.82) is 0 Å². The number of halogens is 2. The topological polar surface area (TPSA) is 58.2 Å². The highest BCUT2D eigenvalue weighted by atomic mass is 35.5. The van der Waals surface area contributed by atoms with Gasteiger partial charge < -0.3 is 44.4 Å². The second kappa shape index (κ2) is 27.6. The minimum atomic E-state index is 0. The van der Waals surface area contributed by atoms with Crippen LogP contribution in [-0.2, 0) is 9.59 Å². The van der Waals surface area contributed by atoms with Gasteiger partial charge >= 0.3 is 0 Å². The van der Waals surface area contributed by atoms with Crippen LogP contribution in [0.5, 0.6) is 0 Å². The second-order valence-electron chi connectivity index (χ2n) is 12.9. The van der Waals surface area contributed by atoms with E-state index in [-0.39, 0.29) is 36.6 Å². The van der Waals surface area contributed by atoms with E-state index in [4.69, 9.17) is 0 Å². The van der Waals surface area contributed by atoms with Crippen LogP contribution in [0.25, 0.3) is 0 Å². The van der Waals surface area contributed by atoms with E-state index in [0.717, 1.165) is 43.4 Å². The van der Waals surface area contributed by atoms with Crippen molar-refractivity contribution in [2.24, 2.45) is 0 Å². The summed E-state index contributed by atoms with van der Waals surface area (Å²) in [6.07, 6.45) is 22.7. The van der Waals surface area contributed by atoms with E-state index in [1.807, 2.05) is 0 Å². The lowest BCUT2D eigenvalue weighted by Gasteiger charge is -2.29. The maximum Gasteiger partial charge on any atom is 0.275 e. The van der Waals surface area contributed by atoms with Gasteiger partial charge in [0.15, 0.2) is 6.54 Å². The number of rotatable bonds is 26. The van der Waals surface area contributed by atoms with Crippen LogP contribution >= 0.6 is 0 Å². The van der Waals surface area contributed by atoms with Gasteiger partial charge in [0.2, 0.25) is 5.91 Å². The smallest absolute Gasteiger partial charge is 0.275 e. The molecular weight excluding hydrogens is 531 g/mol. The lowest BCUT2D eigenvalue weighted by atomic mass is 10.0. The van der Waals surface area contributed by atoms with E-state index < -0.39 is 0 Å². The highest BCUT2D eigenvalue weighted by molar-refractivity contribution is 5.77. The zero-order valence-corrected chi connectivity index (χ0v) is 28.2. The number of hydrogen-bond acceptors (Lipinski definition) is 2. The Balaban J connectivity index is -0.00000648. The SMILES string of the molecule is CCCCCCCCCCCCCCCCCC(=O)NCCC[N+](C)(C)CC(=O)NCCC[N+](C)(C)C.[Cl-].[Cl-]. The Hall–Kier alpha value is -0.560. The molecule has 6 nitrogen and oxygen atoms in total. The second-order valence-corrected chi connectivity index (χ2v) is 12.9. The molecule has 0 aliphatic heterocycles. The molecule has 0 radical (unpaired) electrons. The monoisotopic (exact) mass is 596 g/mol. The van der Waals surface area contributed by atoms with E-state index in [2.05, 4.69) is 52.8 Å². The van der Waals surface area contributed by atoms with Crippen molar-refractivity contribution in [2.45, 2.75) is 122 Å². The maximum absolute atomic E-state index is 12.2. The van der Waals surface area contributed by atoms with E-state index in [0.29, 0.717) is 24.0 Å². The van der Waals surface area contributed by atoms with E-state index >= 15 is 0 Å². The molecule has 0 saturated heterocycles. The lowest BCUT2D eigenvalue weighted by Crippen LogP contribution is -3.00. The average molecular weight is 598 g/mol. The van der Waals surface area contributed by atoms with Crippen molar-refractivity contribution in [3.8, 4) is 0 Å². The van der Waals surface area contributed by atoms with Crippen LogP contribution in [0.3, 0.4) is 0 Å². The van der Waals surface area contributed by atoms with E-state index in [9.17, 15) is 9.59 Å². The summed E-state index contributed by atoms with van der Waals surface area (Å²) in [5, 5.41) is 6.11. The van der Waals surface area contributed by atoms with Gasteiger partial charge in [-0.15, -0.1) is 0 Å². The number of amides is 2. The summed E-state index contributed by atoms with van der Waals surface area (Å²) in [6.45, 7) is 6.14. The lowest BCUT2D eigenvalue weighted by molar-refractivity contribution is -0.882.